The van der Waals surface area contributed by atoms with Crippen molar-refractivity contribution in [3.05, 3.63) is 71.8 Å². The number of methoxy groups -OCH3 is 1. The maximum absolute atomic E-state index is 12.9. The van der Waals surface area contributed by atoms with Gasteiger partial charge in [0, 0.05) is 26.2 Å². The van der Waals surface area contributed by atoms with Gasteiger partial charge in [0.05, 0.1) is 7.11 Å². The summed E-state index contributed by atoms with van der Waals surface area (Å²) in [7, 11) is -2.74. The maximum atomic E-state index is 12.9. The van der Waals surface area contributed by atoms with Crippen molar-refractivity contribution in [3.63, 3.8) is 0 Å². The van der Waals surface area contributed by atoms with Crippen molar-refractivity contribution in [2.75, 3.05) is 33.3 Å². The van der Waals surface area contributed by atoms with E-state index in [9.17, 15) is 18.0 Å². The predicted molar refractivity (Wildman–Crippen MR) is 118 cm³/mol. The van der Waals surface area contributed by atoms with Gasteiger partial charge in [-0.15, -0.1) is 0 Å². The van der Waals surface area contributed by atoms with Gasteiger partial charge in [-0.05, 0) is 17.5 Å². The number of hydrogen-bond donors (Lipinski definition) is 1. The Morgan fingerprint density at radius 3 is 2.06 bits per heavy atom. The molecule has 1 fully saturated rings. The summed E-state index contributed by atoms with van der Waals surface area (Å²) < 4.78 is 39.5. The molecule has 1 saturated heterocycles. The van der Waals surface area contributed by atoms with Crippen LogP contribution in [0, 0.1) is 0 Å². The van der Waals surface area contributed by atoms with Crippen LogP contribution in [0.1, 0.15) is 11.1 Å². The standard InChI is InChI=1S/C22H27N3O6S/c1-30-21(26)20(16-18-8-4-2-5-9-18)23-32(28,29)25-14-12-24(13-15-25)22(27)31-17-19-10-6-3-7-11-19/h2-11,20,23H,12-17H2,1H3/t20-/m0/s1. The topological polar surface area (TPSA) is 105 Å². The number of hydrogen-bond acceptors (Lipinski definition) is 6. The van der Waals surface area contributed by atoms with Crippen LogP contribution < -0.4 is 4.72 Å². The van der Waals surface area contributed by atoms with E-state index in [4.69, 9.17) is 9.47 Å². The zero-order chi connectivity index (χ0) is 23.0. The van der Waals surface area contributed by atoms with Gasteiger partial charge in [-0.25, -0.2) is 4.79 Å². The molecule has 0 unspecified atom stereocenters. The van der Waals surface area contributed by atoms with E-state index in [1.54, 1.807) is 0 Å². The lowest BCUT2D eigenvalue weighted by atomic mass is 10.1. The Hall–Kier alpha value is -2.95. The van der Waals surface area contributed by atoms with E-state index in [-0.39, 0.29) is 39.2 Å². The highest BCUT2D eigenvalue weighted by molar-refractivity contribution is 7.87. The summed E-state index contributed by atoms with van der Waals surface area (Å²) in [4.78, 5) is 25.9. The molecule has 1 aliphatic heterocycles. The first-order chi connectivity index (χ1) is 15.4. The third kappa shape index (κ3) is 6.52. The normalized spacial score (nSPS) is 15.7. The minimum atomic E-state index is -3.96. The number of carbonyl (C=O) groups excluding carboxylic acids is 2. The number of rotatable bonds is 8. The second kappa shape index (κ2) is 11.1. The number of nitrogens with one attached hydrogen (secondary N) is 1. The fraction of sp³-hybridized carbons (Fsp3) is 0.364. The molecule has 2 aromatic carbocycles. The summed E-state index contributed by atoms with van der Waals surface area (Å²) in [6.07, 6.45) is -0.325. The fourth-order valence-electron chi connectivity index (χ4n) is 3.34. The largest absolute Gasteiger partial charge is 0.468 e. The third-order valence-electron chi connectivity index (χ3n) is 5.10. The molecule has 172 valence electrons. The van der Waals surface area contributed by atoms with Gasteiger partial charge in [0.15, 0.2) is 0 Å². The lowest BCUT2D eigenvalue weighted by molar-refractivity contribution is -0.142. The van der Waals surface area contributed by atoms with Crippen molar-refractivity contribution >= 4 is 22.3 Å². The van der Waals surface area contributed by atoms with Crippen molar-refractivity contribution in [1.29, 1.82) is 0 Å². The van der Waals surface area contributed by atoms with E-state index < -0.39 is 28.3 Å². The molecule has 3 rings (SSSR count). The fourth-order valence-corrected chi connectivity index (χ4v) is 4.67. The van der Waals surface area contributed by atoms with Crippen LogP contribution in [-0.4, -0.2) is 69.0 Å². The van der Waals surface area contributed by atoms with E-state index in [0.29, 0.717) is 0 Å². The van der Waals surface area contributed by atoms with Crippen molar-refractivity contribution in [3.8, 4) is 0 Å². The second-order valence-electron chi connectivity index (χ2n) is 7.31. The highest BCUT2D eigenvalue weighted by Gasteiger charge is 2.33. The SMILES string of the molecule is COC(=O)[C@H](Cc1ccccc1)NS(=O)(=O)N1CCN(C(=O)OCc2ccccc2)CC1. The van der Waals surface area contributed by atoms with Crippen LogP contribution in [0.15, 0.2) is 60.7 Å². The molecular formula is C22H27N3O6S. The van der Waals surface area contributed by atoms with Crippen LogP contribution in [0.5, 0.6) is 0 Å². The van der Waals surface area contributed by atoms with Gasteiger partial charge in [0.25, 0.3) is 10.2 Å². The first kappa shape index (κ1) is 23.7. The number of ether oxygens (including phenoxy) is 2. The number of benzene rings is 2. The average Bonchev–Trinajstić information content (AvgIpc) is 2.83. The van der Waals surface area contributed by atoms with Gasteiger partial charge in [-0.3, -0.25) is 4.79 Å². The molecule has 0 aromatic heterocycles. The van der Waals surface area contributed by atoms with Crippen LogP contribution in [0.4, 0.5) is 4.79 Å². The number of piperazine rings is 1. The quantitative estimate of drug-likeness (QED) is 0.598. The molecule has 0 saturated carbocycles. The van der Waals surface area contributed by atoms with Gasteiger partial charge >= 0.3 is 12.1 Å². The van der Waals surface area contributed by atoms with Gasteiger partial charge in [-0.2, -0.15) is 17.4 Å². The van der Waals surface area contributed by atoms with E-state index in [2.05, 4.69) is 4.72 Å². The van der Waals surface area contributed by atoms with E-state index >= 15 is 0 Å². The predicted octanol–water partition coefficient (Wildman–Crippen LogP) is 1.56. The Labute approximate surface area is 188 Å². The summed E-state index contributed by atoms with van der Waals surface area (Å²) in [6.45, 7) is 0.719. The Morgan fingerprint density at radius 1 is 0.938 bits per heavy atom. The van der Waals surface area contributed by atoms with Crippen LogP contribution in [0.25, 0.3) is 0 Å². The van der Waals surface area contributed by atoms with Gasteiger partial charge < -0.3 is 14.4 Å². The van der Waals surface area contributed by atoms with Gasteiger partial charge in [-0.1, -0.05) is 60.7 Å². The Kier molecular flexibility index (Phi) is 8.20. The molecular weight excluding hydrogens is 434 g/mol. The molecule has 1 amide bonds. The third-order valence-corrected chi connectivity index (χ3v) is 6.73. The van der Waals surface area contributed by atoms with Crippen molar-refractivity contribution in [1.82, 2.24) is 13.9 Å². The van der Waals surface area contributed by atoms with Crippen molar-refractivity contribution < 1.29 is 27.5 Å². The molecule has 1 heterocycles. The van der Waals surface area contributed by atoms with E-state index in [1.807, 2.05) is 60.7 Å². The molecule has 0 radical (unpaired) electrons. The molecule has 10 heteroatoms. The number of carbonyl (C=O) groups is 2. The van der Waals surface area contributed by atoms with Crippen LogP contribution in [0.2, 0.25) is 0 Å². The van der Waals surface area contributed by atoms with Crippen LogP contribution in [0.3, 0.4) is 0 Å². The Bertz CT molecular complexity index is 993. The second-order valence-corrected chi connectivity index (χ2v) is 9.02. The summed E-state index contributed by atoms with van der Waals surface area (Å²) >= 11 is 0. The first-order valence-electron chi connectivity index (χ1n) is 10.2. The monoisotopic (exact) mass is 461 g/mol. The highest BCUT2D eigenvalue weighted by atomic mass is 32.2. The smallest absolute Gasteiger partial charge is 0.410 e. The number of esters is 1. The molecule has 1 N–H and O–H groups in total. The van der Waals surface area contributed by atoms with Gasteiger partial charge in [0.1, 0.15) is 12.6 Å². The minimum Gasteiger partial charge on any atom is -0.468 e. The molecule has 9 nitrogen and oxygen atoms in total. The average molecular weight is 462 g/mol. The molecule has 0 bridgehead atoms. The van der Waals surface area contributed by atoms with E-state index in [0.717, 1.165) is 11.1 Å². The highest BCUT2D eigenvalue weighted by Crippen LogP contribution is 2.12. The van der Waals surface area contributed by atoms with Crippen LogP contribution in [-0.2, 0) is 37.5 Å². The van der Waals surface area contributed by atoms with Crippen molar-refractivity contribution in [2.24, 2.45) is 0 Å². The lowest BCUT2D eigenvalue weighted by Crippen LogP contribution is -2.56. The maximum Gasteiger partial charge on any atom is 0.410 e. The van der Waals surface area contributed by atoms with E-state index in [1.165, 1.54) is 16.3 Å². The molecule has 2 aromatic rings. The zero-order valence-electron chi connectivity index (χ0n) is 17.8. The summed E-state index contributed by atoms with van der Waals surface area (Å²) in [5.74, 6) is -0.666. The van der Waals surface area contributed by atoms with Gasteiger partial charge in [0.2, 0.25) is 0 Å². The Balaban J connectivity index is 1.54. The summed E-state index contributed by atoms with van der Waals surface area (Å²) in [5, 5.41) is 0. The van der Waals surface area contributed by atoms with Crippen molar-refractivity contribution in [2.45, 2.75) is 19.1 Å². The number of nitrogens with zero attached hydrogens (tertiary/aromatic N) is 2. The molecule has 1 aliphatic rings. The molecule has 0 spiro atoms. The minimum absolute atomic E-state index is 0.0923. The molecule has 32 heavy (non-hydrogen) atoms. The Morgan fingerprint density at radius 2 is 1.50 bits per heavy atom. The summed E-state index contributed by atoms with van der Waals surface area (Å²) in [6, 6.07) is 17.3. The van der Waals surface area contributed by atoms with Crippen LogP contribution >= 0.6 is 0 Å². The molecule has 0 aliphatic carbocycles. The lowest BCUT2D eigenvalue weighted by Gasteiger charge is -2.34. The first-order valence-corrected chi connectivity index (χ1v) is 11.7. The summed E-state index contributed by atoms with van der Waals surface area (Å²) in [5.41, 5.74) is 1.68. The number of amides is 1. The zero-order valence-corrected chi connectivity index (χ0v) is 18.7. The molecule has 1 atom stereocenters.